The van der Waals surface area contributed by atoms with Gasteiger partial charge < -0.3 is 9.47 Å². The Morgan fingerprint density at radius 2 is 1.90 bits per heavy atom. The largest absolute Gasteiger partial charge is 0.489 e. The number of nitrogens with zero attached hydrogens (tertiary/aromatic N) is 1. The number of aromatic nitrogens is 1. The van der Waals surface area contributed by atoms with Crippen molar-refractivity contribution < 1.29 is 14.3 Å². The van der Waals surface area contributed by atoms with Crippen LogP contribution in [0.25, 0.3) is 10.9 Å². The molecule has 0 N–H and O–H groups in total. The van der Waals surface area contributed by atoms with Gasteiger partial charge in [-0.05, 0) is 29.8 Å². The summed E-state index contributed by atoms with van der Waals surface area (Å²) in [6.07, 6.45) is 1.29. The maximum absolute atomic E-state index is 11.6. The number of carbonyl (C=O) groups is 1. The van der Waals surface area contributed by atoms with Gasteiger partial charge in [-0.3, -0.25) is 4.57 Å². The molecule has 0 aliphatic carbocycles. The molecule has 0 fully saturated rings. The van der Waals surface area contributed by atoms with Gasteiger partial charge in [-0.2, -0.15) is 0 Å². The number of carbonyl (C=O) groups excluding carboxylic acids is 1. The minimum atomic E-state index is -0.400. The third-order valence-corrected chi connectivity index (χ3v) is 3.28. The van der Waals surface area contributed by atoms with Crippen molar-refractivity contribution in [3.8, 4) is 5.75 Å². The number of rotatable bonds is 3. The molecule has 3 rings (SSSR count). The van der Waals surface area contributed by atoms with Crippen LogP contribution in [0, 0.1) is 0 Å². The minimum absolute atomic E-state index is 0.400. The molecule has 0 atom stereocenters. The Kier molecular flexibility index (Phi) is 3.60. The zero-order valence-corrected chi connectivity index (χ0v) is 11.7. The van der Waals surface area contributed by atoms with Gasteiger partial charge in [-0.1, -0.05) is 30.3 Å². The van der Waals surface area contributed by atoms with E-state index in [0.717, 1.165) is 22.2 Å². The van der Waals surface area contributed by atoms with Gasteiger partial charge in [0.05, 0.1) is 12.6 Å². The fourth-order valence-electron chi connectivity index (χ4n) is 2.21. The molecule has 21 heavy (non-hydrogen) atoms. The lowest BCUT2D eigenvalue weighted by atomic mass is 10.2. The Morgan fingerprint density at radius 1 is 1.10 bits per heavy atom. The lowest BCUT2D eigenvalue weighted by Gasteiger charge is -2.07. The van der Waals surface area contributed by atoms with Gasteiger partial charge in [0.25, 0.3) is 0 Å². The molecular weight excluding hydrogens is 266 g/mol. The molecule has 4 heteroatoms. The Morgan fingerprint density at radius 3 is 2.67 bits per heavy atom. The summed E-state index contributed by atoms with van der Waals surface area (Å²) in [7, 11) is 1.37. The van der Waals surface area contributed by atoms with E-state index >= 15 is 0 Å². The van der Waals surface area contributed by atoms with Crippen LogP contribution in [0.2, 0.25) is 0 Å². The van der Waals surface area contributed by atoms with Crippen molar-refractivity contribution in [1.29, 1.82) is 0 Å². The molecule has 4 nitrogen and oxygen atoms in total. The average molecular weight is 281 g/mol. The summed E-state index contributed by atoms with van der Waals surface area (Å²) in [4.78, 5) is 11.6. The smallest absolute Gasteiger partial charge is 0.418 e. The van der Waals surface area contributed by atoms with Crippen molar-refractivity contribution in [1.82, 2.24) is 4.57 Å². The normalized spacial score (nSPS) is 10.5. The zero-order valence-electron chi connectivity index (χ0n) is 11.7. The van der Waals surface area contributed by atoms with Gasteiger partial charge in [0.15, 0.2) is 0 Å². The topological polar surface area (TPSA) is 40.5 Å². The van der Waals surface area contributed by atoms with Crippen LogP contribution in [0.5, 0.6) is 5.75 Å². The van der Waals surface area contributed by atoms with Crippen molar-refractivity contribution in [2.24, 2.45) is 0 Å². The maximum atomic E-state index is 11.6. The number of hydrogen-bond acceptors (Lipinski definition) is 3. The first kappa shape index (κ1) is 13.2. The average Bonchev–Trinajstić information content (AvgIpc) is 2.96. The van der Waals surface area contributed by atoms with Gasteiger partial charge in [0.2, 0.25) is 0 Å². The van der Waals surface area contributed by atoms with Crippen LogP contribution in [0.1, 0.15) is 5.56 Å². The first-order valence-corrected chi connectivity index (χ1v) is 6.64. The lowest BCUT2D eigenvalue weighted by molar-refractivity contribution is 0.174. The van der Waals surface area contributed by atoms with Gasteiger partial charge in [0, 0.05) is 11.6 Å². The Bertz CT molecular complexity index is 762. The van der Waals surface area contributed by atoms with Crippen molar-refractivity contribution in [2.45, 2.75) is 6.61 Å². The van der Waals surface area contributed by atoms with E-state index in [2.05, 4.69) is 0 Å². The molecule has 1 aromatic heterocycles. The second-order valence-electron chi connectivity index (χ2n) is 4.65. The highest BCUT2D eigenvalue weighted by atomic mass is 16.5. The van der Waals surface area contributed by atoms with Crippen LogP contribution in [-0.2, 0) is 11.3 Å². The van der Waals surface area contributed by atoms with Crippen LogP contribution in [0.4, 0.5) is 4.79 Å². The van der Waals surface area contributed by atoms with E-state index in [4.69, 9.17) is 9.47 Å². The second kappa shape index (κ2) is 5.71. The van der Waals surface area contributed by atoms with Crippen LogP contribution < -0.4 is 4.74 Å². The molecule has 0 saturated heterocycles. The molecule has 0 bridgehead atoms. The summed E-state index contributed by atoms with van der Waals surface area (Å²) in [5.74, 6) is 0.772. The first-order chi connectivity index (χ1) is 10.3. The molecule has 0 aliphatic rings. The standard InChI is InChI=1S/C17H15NO3/c1-20-17(19)18-10-9-14-11-15(7-8-16(14)18)21-12-13-5-3-2-4-6-13/h2-11H,12H2,1H3. The number of methoxy groups -OCH3 is 1. The van der Waals surface area contributed by atoms with Crippen molar-refractivity contribution in [2.75, 3.05) is 7.11 Å². The van der Waals surface area contributed by atoms with Crippen LogP contribution in [-0.4, -0.2) is 17.8 Å². The van der Waals surface area contributed by atoms with Crippen molar-refractivity contribution in [3.63, 3.8) is 0 Å². The van der Waals surface area contributed by atoms with Gasteiger partial charge in [-0.15, -0.1) is 0 Å². The third-order valence-electron chi connectivity index (χ3n) is 3.28. The molecule has 0 radical (unpaired) electrons. The summed E-state index contributed by atoms with van der Waals surface area (Å²) >= 11 is 0. The molecule has 0 aliphatic heterocycles. The Labute approximate surface area is 122 Å². The van der Waals surface area contributed by atoms with E-state index in [9.17, 15) is 4.79 Å². The summed E-state index contributed by atoms with van der Waals surface area (Å²) < 4.78 is 12.0. The molecule has 0 amide bonds. The molecule has 0 saturated carbocycles. The Hall–Kier alpha value is -2.75. The highest BCUT2D eigenvalue weighted by Crippen LogP contribution is 2.23. The molecule has 1 heterocycles. The molecule has 0 unspecified atom stereocenters. The lowest BCUT2D eigenvalue weighted by Crippen LogP contribution is -2.09. The SMILES string of the molecule is COC(=O)n1ccc2cc(OCc3ccccc3)ccc21. The van der Waals surface area contributed by atoms with Crippen molar-refractivity contribution in [3.05, 3.63) is 66.4 Å². The molecule has 3 aromatic rings. The fraction of sp³-hybridized carbons (Fsp3) is 0.118. The first-order valence-electron chi connectivity index (χ1n) is 6.64. The highest BCUT2D eigenvalue weighted by Gasteiger charge is 2.09. The number of hydrogen-bond donors (Lipinski definition) is 0. The van der Waals surface area contributed by atoms with Gasteiger partial charge >= 0.3 is 6.09 Å². The van der Waals surface area contributed by atoms with E-state index in [1.54, 1.807) is 6.20 Å². The van der Waals surface area contributed by atoms with Crippen LogP contribution >= 0.6 is 0 Å². The van der Waals surface area contributed by atoms with E-state index in [-0.39, 0.29) is 0 Å². The van der Waals surface area contributed by atoms with Crippen LogP contribution in [0.3, 0.4) is 0 Å². The van der Waals surface area contributed by atoms with E-state index in [0.29, 0.717) is 6.61 Å². The van der Waals surface area contributed by atoms with E-state index in [1.165, 1.54) is 11.7 Å². The number of ether oxygens (including phenoxy) is 2. The van der Waals surface area contributed by atoms with Gasteiger partial charge in [-0.25, -0.2) is 4.79 Å². The van der Waals surface area contributed by atoms with Crippen LogP contribution in [0.15, 0.2) is 60.8 Å². The second-order valence-corrected chi connectivity index (χ2v) is 4.65. The summed E-state index contributed by atoms with van der Waals surface area (Å²) in [6.45, 7) is 0.518. The van der Waals surface area contributed by atoms with E-state index in [1.807, 2.05) is 54.6 Å². The predicted molar refractivity (Wildman–Crippen MR) is 80.5 cm³/mol. The highest BCUT2D eigenvalue weighted by molar-refractivity contribution is 5.90. The van der Waals surface area contributed by atoms with Gasteiger partial charge in [0.1, 0.15) is 12.4 Å². The summed E-state index contributed by atoms with van der Waals surface area (Å²) in [5.41, 5.74) is 1.92. The fourth-order valence-corrected chi connectivity index (χ4v) is 2.21. The number of fused-ring (bicyclic) bond motifs is 1. The molecule has 106 valence electrons. The minimum Gasteiger partial charge on any atom is -0.489 e. The van der Waals surface area contributed by atoms with Crippen molar-refractivity contribution >= 4 is 17.0 Å². The molecular formula is C17H15NO3. The summed E-state index contributed by atoms with van der Waals surface area (Å²) in [6, 6.07) is 17.5. The zero-order chi connectivity index (χ0) is 14.7. The van der Waals surface area contributed by atoms with E-state index < -0.39 is 6.09 Å². The Balaban J connectivity index is 1.80. The predicted octanol–water partition coefficient (Wildman–Crippen LogP) is 3.83. The summed E-state index contributed by atoms with van der Waals surface area (Å²) in [5, 5.41) is 0.936. The number of benzene rings is 2. The third kappa shape index (κ3) is 2.74. The molecule has 2 aromatic carbocycles. The maximum Gasteiger partial charge on any atom is 0.418 e. The quantitative estimate of drug-likeness (QED) is 0.732. The molecule has 0 spiro atoms. The monoisotopic (exact) mass is 281 g/mol.